The second-order valence-electron chi connectivity index (χ2n) is 15.5. The van der Waals surface area contributed by atoms with Crippen molar-refractivity contribution in [2.24, 2.45) is 0 Å². The first-order chi connectivity index (χ1) is 28.7. The minimum absolute atomic E-state index is 0.133. The van der Waals surface area contributed by atoms with Gasteiger partial charge in [-0.1, -0.05) is 94.6 Å². The Morgan fingerprint density at radius 3 is 1.85 bits per heavy atom. The molecular formula is C48H19B7N2O2. The number of benzene rings is 8. The number of fused-ring (bicyclic) bond motifs is 16. The van der Waals surface area contributed by atoms with Crippen molar-refractivity contribution in [1.82, 2.24) is 8.97 Å². The Kier molecular flexibility index (Phi) is 6.41. The lowest BCUT2D eigenvalue weighted by atomic mass is 9.65. The minimum Gasteiger partial charge on any atom is -0.457 e. The average Bonchev–Trinajstić information content (AvgIpc) is 4.07. The fourth-order valence-electron chi connectivity index (χ4n) is 10.1. The van der Waals surface area contributed by atoms with Crippen molar-refractivity contribution >= 4 is 197 Å². The minimum atomic E-state index is 0.133. The van der Waals surface area contributed by atoms with E-state index >= 15 is 0 Å². The third-order valence-electron chi connectivity index (χ3n) is 12.7. The van der Waals surface area contributed by atoms with Crippen LogP contribution >= 0.6 is 0 Å². The first-order valence-electron chi connectivity index (χ1n) is 19.2. The summed E-state index contributed by atoms with van der Waals surface area (Å²) >= 11 is 0. The van der Waals surface area contributed by atoms with Crippen LogP contribution in [0.2, 0.25) is 0 Å². The molecule has 13 rings (SSSR count). The molecule has 254 valence electrons. The fourth-order valence-corrected chi connectivity index (χ4v) is 10.1. The van der Waals surface area contributed by atoms with Gasteiger partial charge < -0.3 is 17.8 Å². The topological polar surface area (TPSA) is 35.6 Å². The molecule has 0 bridgehead atoms. The molecule has 0 saturated heterocycles. The van der Waals surface area contributed by atoms with Crippen molar-refractivity contribution in [3.63, 3.8) is 0 Å². The summed E-state index contributed by atoms with van der Waals surface area (Å²) in [6.45, 7) is 0. The average molecular weight is 731 g/mol. The van der Waals surface area contributed by atoms with Crippen molar-refractivity contribution < 1.29 is 8.83 Å². The summed E-state index contributed by atoms with van der Waals surface area (Å²) < 4.78 is 17.1. The maximum absolute atomic E-state index is 7.02. The summed E-state index contributed by atoms with van der Waals surface area (Å²) in [4.78, 5) is 0. The van der Waals surface area contributed by atoms with Gasteiger partial charge in [-0.25, -0.2) is 0 Å². The Hall–Kier alpha value is -6.59. The molecule has 0 aliphatic rings. The van der Waals surface area contributed by atoms with Crippen LogP contribution in [0.1, 0.15) is 0 Å². The molecule has 0 atom stereocenters. The molecule has 0 spiro atoms. The Morgan fingerprint density at radius 2 is 1.00 bits per heavy atom. The molecular weight excluding hydrogens is 712 g/mol. The fraction of sp³-hybridized carbons (Fsp3) is 0. The molecule has 11 heteroatoms. The van der Waals surface area contributed by atoms with Gasteiger partial charge in [0.15, 0.2) is 0 Å². The Morgan fingerprint density at radius 1 is 0.373 bits per heavy atom. The van der Waals surface area contributed by atoms with Gasteiger partial charge >= 0.3 is 0 Å². The predicted octanol–water partition coefficient (Wildman–Crippen LogP) is 4.96. The highest BCUT2D eigenvalue weighted by Crippen LogP contribution is 2.46. The third-order valence-corrected chi connectivity index (χ3v) is 12.7. The zero-order valence-electron chi connectivity index (χ0n) is 31.2. The van der Waals surface area contributed by atoms with Crippen molar-refractivity contribution in [3.8, 4) is 16.8 Å². The molecule has 4 nitrogen and oxygen atoms in total. The molecule has 0 unspecified atom stereocenters. The maximum Gasteiger partial charge on any atom is 0.136 e. The van der Waals surface area contributed by atoms with Crippen molar-refractivity contribution in [3.05, 3.63) is 115 Å². The summed E-state index contributed by atoms with van der Waals surface area (Å²) in [6.07, 6.45) is 0. The molecule has 0 aliphatic carbocycles. The van der Waals surface area contributed by atoms with Crippen LogP contribution in [0.15, 0.2) is 124 Å². The summed E-state index contributed by atoms with van der Waals surface area (Å²) in [5, 5.41) is 9.91. The second kappa shape index (κ2) is 11.3. The number of rotatable bonds is 2. The van der Waals surface area contributed by atoms with Gasteiger partial charge in [-0.05, 0) is 53.6 Å². The molecule has 0 amide bonds. The van der Waals surface area contributed by atoms with Gasteiger partial charge in [0.05, 0.1) is 38.7 Å². The van der Waals surface area contributed by atoms with Crippen molar-refractivity contribution in [2.45, 2.75) is 0 Å². The summed E-state index contributed by atoms with van der Waals surface area (Å²) in [6, 6.07) is 40.4. The zero-order chi connectivity index (χ0) is 39.7. The van der Waals surface area contributed by atoms with Gasteiger partial charge in [-0.3, -0.25) is 0 Å². The third kappa shape index (κ3) is 3.99. The van der Waals surface area contributed by atoms with E-state index in [9.17, 15) is 0 Å². The highest BCUT2D eigenvalue weighted by Gasteiger charge is 2.27. The monoisotopic (exact) mass is 732 g/mol. The van der Waals surface area contributed by atoms with E-state index in [-0.39, 0.29) is 43.8 Å². The molecule has 0 saturated carbocycles. The molecule has 0 fully saturated rings. The number of hydrogen-bond donors (Lipinski definition) is 0. The van der Waals surface area contributed by atoms with Crippen molar-refractivity contribution in [2.75, 3.05) is 0 Å². The molecule has 5 aromatic heterocycles. The van der Waals surface area contributed by atoms with Crippen LogP contribution in [0.3, 0.4) is 0 Å². The number of furan rings is 2. The quantitative estimate of drug-likeness (QED) is 0.236. The summed E-state index contributed by atoms with van der Waals surface area (Å²) in [5.74, 6) is 0. The zero-order valence-corrected chi connectivity index (χ0v) is 31.2. The Labute approximate surface area is 345 Å². The van der Waals surface area contributed by atoms with Gasteiger partial charge in [0.25, 0.3) is 0 Å². The van der Waals surface area contributed by atoms with Crippen LogP contribution in [0.25, 0.3) is 121 Å². The molecule has 0 N–H and O–H groups in total. The van der Waals surface area contributed by atoms with Crippen LogP contribution in [0, 0.1) is 0 Å². The lowest BCUT2D eigenvalue weighted by Crippen LogP contribution is -2.47. The van der Waals surface area contributed by atoms with Crippen LogP contribution in [-0.2, 0) is 0 Å². The maximum atomic E-state index is 7.02. The van der Waals surface area contributed by atoms with Gasteiger partial charge in [0.2, 0.25) is 0 Å². The lowest BCUT2D eigenvalue weighted by molar-refractivity contribution is 0.669. The summed E-state index contributed by atoms with van der Waals surface area (Å²) in [7, 11) is 46.3. The number of aromatic nitrogens is 2. The van der Waals surface area contributed by atoms with Crippen LogP contribution in [0.5, 0.6) is 0 Å². The van der Waals surface area contributed by atoms with E-state index in [1.165, 1.54) is 10.8 Å². The van der Waals surface area contributed by atoms with E-state index in [2.05, 4.69) is 93.9 Å². The number of nitrogens with zero attached hydrogens (tertiary/aromatic N) is 2. The first kappa shape index (κ1) is 33.4. The standard InChI is InChI=1S/C48H19B7N2O2/c49-38-36-37-46(42(53)41(52)44(55)48(37)59-47(36)43(54)40(51)39(38)50)57-27-12-3-1-7-23(27)34-29(57)17-18-30-35(34)25-11-5-10-22-26-19-20(15-16-28(26)56(30)45(22)25)21-9-6-14-32-33(21)24-8-2-4-13-31(24)58-32/h1-19H. The smallest absolute Gasteiger partial charge is 0.136 e. The van der Waals surface area contributed by atoms with E-state index in [1.54, 1.807) is 0 Å². The second-order valence-corrected chi connectivity index (χ2v) is 15.5. The molecule has 8 aromatic carbocycles. The SMILES string of the molecule is [B]c1c([B])c([B])c2c(oc3c([B])c([B])c([B])c(-n4c5ccccc5c5c6c7cccc8c9cc(-c%10cccc%11oc%12ccccc%12c%10%11)ccc9n(c6ccc54)c87)c32)c1[B]. The van der Waals surface area contributed by atoms with Gasteiger partial charge in [0.1, 0.15) is 77.3 Å². The van der Waals surface area contributed by atoms with Crippen LogP contribution < -0.4 is 38.2 Å². The van der Waals surface area contributed by atoms with E-state index in [1.807, 2.05) is 30.3 Å². The molecule has 59 heavy (non-hydrogen) atoms. The van der Waals surface area contributed by atoms with E-state index in [0.29, 0.717) is 22.0 Å². The van der Waals surface area contributed by atoms with Crippen LogP contribution in [0.4, 0.5) is 0 Å². The van der Waals surface area contributed by atoms with Gasteiger partial charge in [-0.15, -0.1) is 16.4 Å². The number of para-hydroxylation sites is 3. The number of hydrogen-bond acceptors (Lipinski definition) is 2. The molecule has 14 radical (unpaired) electrons. The lowest BCUT2D eigenvalue weighted by Gasteiger charge is -2.19. The Balaban J connectivity index is 1.14. The summed E-state index contributed by atoms with van der Waals surface area (Å²) in [5.41, 5.74) is 11.6. The predicted molar refractivity (Wildman–Crippen MR) is 253 cm³/mol. The Bertz CT molecular complexity index is 4060. The highest BCUT2D eigenvalue weighted by atomic mass is 16.3. The van der Waals surface area contributed by atoms with Gasteiger partial charge in [0, 0.05) is 48.5 Å². The van der Waals surface area contributed by atoms with Crippen molar-refractivity contribution in [1.29, 1.82) is 0 Å². The molecule has 0 aliphatic heterocycles. The van der Waals surface area contributed by atoms with E-state index in [4.69, 9.17) is 63.8 Å². The van der Waals surface area contributed by atoms with Crippen LogP contribution in [-0.4, -0.2) is 63.9 Å². The van der Waals surface area contributed by atoms with E-state index < -0.39 is 0 Å². The molecule has 5 heterocycles. The van der Waals surface area contributed by atoms with Gasteiger partial charge in [-0.2, -0.15) is 0 Å². The largest absolute Gasteiger partial charge is 0.457 e. The molecule has 13 aromatic rings. The normalized spacial score (nSPS) is 12.5. The van der Waals surface area contributed by atoms with E-state index in [0.717, 1.165) is 82.2 Å². The first-order valence-corrected chi connectivity index (χ1v) is 19.2. The highest BCUT2D eigenvalue weighted by molar-refractivity contribution is 6.68.